The lowest BCUT2D eigenvalue weighted by atomic mass is 10.3. The predicted octanol–water partition coefficient (Wildman–Crippen LogP) is 2.72. The minimum absolute atomic E-state index is 0.206. The van der Waals surface area contributed by atoms with E-state index in [2.05, 4.69) is 42.1 Å². The number of halogens is 1. The van der Waals surface area contributed by atoms with Crippen LogP contribution in [0.5, 0.6) is 0 Å². The van der Waals surface area contributed by atoms with Crippen LogP contribution in [0.4, 0.5) is 5.82 Å². The molecule has 0 aliphatic heterocycles. The van der Waals surface area contributed by atoms with E-state index in [1.807, 2.05) is 11.9 Å². The molecular weight excluding hydrogens is 330 g/mol. The van der Waals surface area contributed by atoms with Crippen LogP contribution in [0.25, 0.3) is 0 Å². The van der Waals surface area contributed by atoms with Crippen LogP contribution in [0, 0.1) is 0 Å². The molecule has 100 valence electrons. The number of nitrogens with zero attached hydrogens (tertiary/aromatic N) is 3. The molecule has 0 unspecified atom stereocenters. The van der Waals surface area contributed by atoms with E-state index in [0.29, 0.717) is 5.82 Å². The second-order valence-corrected chi connectivity index (χ2v) is 6.16. The number of hydrogen-bond donors (Lipinski definition) is 0. The fraction of sp³-hybridized carbons (Fsp3) is 0.250. The van der Waals surface area contributed by atoms with Crippen molar-refractivity contribution in [2.24, 2.45) is 0 Å². The van der Waals surface area contributed by atoms with Gasteiger partial charge in [0.2, 0.25) is 0 Å². The van der Waals surface area contributed by atoms with Crippen LogP contribution in [-0.4, -0.2) is 30.1 Å². The summed E-state index contributed by atoms with van der Waals surface area (Å²) in [5.74, 6) is 0.221. The molecule has 2 heterocycles. The third kappa shape index (κ3) is 3.51. The van der Waals surface area contributed by atoms with Crippen molar-refractivity contribution < 1.29 is 9.53 Å². The quantitative estimate of drug-likeness (QED) is 0.800. The van der Waals surface area contributed by atoms with Crippen LogP contribution < -0.4 is 4.90 Å². The van der Waals surface area contributed by atoms with Crippen molar-refractivity contribution in [1.82, 2.24) is 9.97 Å². The summed E-state index contributed by atoms with van der Waals surface area (Å²) >= 11 is 5.08. The van der Waals surface area contributed by atoms with Crippen LogP contribution in [0.15, 0.2) is 27.6 Å². The number of esters is 1. The van der Waals surface area contributed by atoms with Crippen LogP contribution in [-0.2, 0) is 11.3 Å². The second kappa shape index (κ2) is 6.12. The molecule has 2 aromatic heterocycles. The Balaban J connectivity index is 2.07. The van der Waals surface area contributed by atoms with E-state index in [1.165, 1.54) is 18.9 Å². The summed E-state index contributed by atoms with van der Waals surface area (Å²) in [5, 5.41) is 2.08. The standard InChI is InChI=1S/C12H12BrN3O2S/c1-16(6-8-3-10(13)19-7-8)11-5-14-9(4-15-11)12(17)18-2/h3-5,7H,6H2,1-2H3. The largest absolute Gasteiger partial charge is 0.464 e. The number of carbonyl (C=O) groups is 1. The Morgan fingerprint density at radius 3 is 2.79 bits per heavy atom. The third-order valence-corrected chi connectivity index (χ3v) is 4.02. The smallest absolute Gasteiger partial charge is 0.358 e. The van der Waals surface area contributed by atoms with E-state index in [0.717, 1.165) is 10.3 Å². The fourth-order valence-corrected chi connectivity index (χ4v) is 2.71. The first-order valence-electron chi connectivity index (χ1n) is 5.44. The summed E-state index contributed by atoms with van der Waals surface area (Å²) < 4.78 is 5.68. The second-order valence-electron chi connectivity index (χ2n) is 3.87. The van der Waals surface area contributed by atoms with Gasteiger partial charge in [0.25, 0.3) is 0 Å². The van der Waals surface area contributed by atoms with Crippen molar-refractivity contribution in [3.05, 3.63) is 38.9 Å². The monoisotopic (exact) mass is 341 g/mol. The van der Waals surface area contributed by atoms with E-state index >= 15 is 0 Å². The van der Waals surface area contributed by atoms with Gasteiger partial charge < -0.3 is 9.64 Å². The number of methoxy groups -OCH3 is 1. The molecule has 0 bridgehead atoms. The minimum atomic E-state index is -0.483. The number of aromatic nitrogens is 2. The number of anilines is 1. The molecule has 0 N–H and O–H groups in total. The number of rotatable bonds is 4. The molecule has 0 aliphatic carbocycles. The number of thiophene rings is 1. The molecule has 0 amide bonds. The predicted molar refractivity (Wildman–Crippen MR) is 77.5 cm³/mol. The zero-order valence-electron chi connectivity index (χ0n) is 10.5. The minimum Gasteiger partial charge on any atom is -0.464 e. The van der Waals surface area contributed by atoms with E-state index in [1.54, 1.807) is 17.5 Å². The molecule has 0 aliphatic rings. The molecule has 0 saturated heterocycles. The van der Waals surface area contributed by atoms with Crippen molar-refractivity contribution in [3.63, 3.8) is 0 Å². The first-order chi connectivity index (χ1) is 9.10. The van der Waals surface area contributed by atoms with Gasteiger partial charge in [-0.2, -0.15) is 0 Å². The summed E-state index contributed by atoms with van der Waals surface area (Å²) in [4.78, 5) is 21.4. The van der Waals surface area contributed by atoms with Gasteiger partial charge in [0.15, 0.2) is 5.69 Å². The molecule has 5 nitrogen and oxygen atoms in total. The summed E-state index contributed by atoms with van der Waals surface area (Å²) in [6.07, 6.45) is 2.98. The highest BCUT2D eigenvalue weighted by Crippen LogP contribution is 2.22. The SMILES string of the molecule is COC(=O)c1cnc(N(C)Cc2csc(Br)c2)cn1. The maximum Gasteiger partial charge on any atom is 0.358 e. The van der Waals surface area contributed by atoms with Crippen molar-refractivity contribution in [2.75, 3.05) is 19.1 Å². The highest BCUT2D eigenvalue weighted by atomic mass is 79.9. The highest BCUT2D eigenvalue weighted by Gasteiger charge is 2.10. The summed E-state index contributed by atoms with van der Waals surface area (Å²) in [5.41, 5.74) is 1.40. The van der Waals surface area contributed by atoms with E-state index in [4.69, 9.17) is 0 Å². The Labute approximate surface area is 123 Å². The lowest BCUT2D eigenvalue weighted by Gasteiger charge is -2.16. The molecule has 0 atom stereocenters. The van der Waals surface area contributed by atoms with Gasteiger partial charge in [0.05, 0.1) is 23.3 Å². The average Bonchev–Trinajstić information content (AvgIpc) is 2.83. The molecular formula is C12H12BrN3O2S. The molecule has 7 heteroatoms. The molecule has 0 radical (unpaired) electrons. The van der Waals surface area contributed by atoms with Gasteiger partial charge in [-0.25, -0.2) is 14.8 Å². The Hall–Kier alpha value is -1.47. The summed E-state index contributed by atoms with van der Waals surface area (Å²) in [7, 11) is 3.24. The third-order valence-electron chi connectivity index (χ3n) is 2.47. The van der Waals surface area contributed by atoms with E-state index in [9.17, 15) is 4.79 Å². The summed E-state index contributed by atoms with van der Waals surface area (Å²) in [6.45, 7) is 0.731. The zero-order chi connectivity index (χ0) is 13.8. The topological polar surface area (TPSA) is 55.3 Å². The van der Waals surface area contributed by atoms with Gasteiger partial charge in [-0.05, 0) is 32.9 Å². The Bertz CT molecular complexity index is 571. The van der Waals surface area contributed by atoms with Crippen molar-refractivity contribution in [2.45, 2.75) is 6.54 Å². The van der Waals surface area contributed by atoms with Crippen molar-refractivity contribution in [3.8, 4) is 0 Å². The number of hydrogen-bond acceptors (Lipinski definition) is 6. The van der Waals surface area contributed by atoms with Gasteiger partial charge >= 0.3 is 5.97 Å². The normalized spacial score (nSPS) is 10.3. The molecule has 0 fully saturated rings. The Morgan fingerprint density at radius 2 is 2.26 bits per heavy atom. The van der Waals surface area contributed by atoms with Gasteiger partial charge in [-0.15, -0.1) is 11.3 Å². The van der Waals surface area contributed by atoms with Crippen LogP contribution in [0.1, 0.15) is 16.1 Å². The Morgan fingerprint density at radius 1 is 1.47 bits per heavy atom. The van der Waals surface area contributed by atoms with Crippen molar-refractivity contribution in [1.29, 1.82) is 0 Å². The summed E-state index contributed by atoms with van der Waals surface area (Å²) in [6, 6.07) is 2.07. The zero-order valence-corrected chi connectivity index (χ0v) is 12.9. The number of carbonyl (C=O) groups excluding carboxylic acids is 1. The number of ether oxygens (including phenoxy) is 1. The van der Waals surface area contributed by atoms with Gasteiger partial charge in [0.1, 0.15) is 5.82 Å². The maximum atomic E-state index is 11.2. The lowest BCUT2D eigenvalue weighted by molar-refractivity contribution is 0.0593. The molecule has 2 aromatic rings. The lowest BCUT2D eigenvalue weighted by Crippen LogP contribution is -2.18. The van der Waals surface area contributed by atoms with E-state index < -0.39 is 5.97 Å². The maximum absolute atomic E-state index is 11.2. The molecule has 19 heavy (non-hydrogen) atoms. The van der Waals surface area contributed by atoms with Gasteiger partial charge in [0, 0.05) is 13.6 Å². The molecule has 0 saturated carbocycles. The Kier molecular flexibility index (Phi) is 4.49. The first kappa shape index (κ1) is 14.0. The van der Waals surface area contributed by atoms with Gasteiger partial charge in [-0.3, -0.25) is 0 Å². The van der Waals surface area contributed by atoms with Crippen LogP contribution in [0.3, 0.4) is 0 Å². The fourth-order valence-electron chi connectivity index (χ4n) is 1.51. The molecule has 0 aromatic carbocycles. The molecule has 0 spiro atoms. The van der Waals surface area contributed by atoms with Crippen LogP contribution >= 0.6 is 27.3 Å². The first-order valence-corrected chi connectivity index (χ1v) is 7.12. The molecule has 2 rings (SSSR count). The highest BCUT2D eigenvalue weighted by molar-refractivity contribution is 9.11. The average molecular weight is 342 g/mol. The van der Waals surface area contributed by atoms with E-state index in [-0.39, 0.29) is 5.69 Å². The van der Waals surface area contributed by atoms with Gasteiger partial charge in [-0.1, -0.05) is 0 Å². The van der Waals surface area contributed by atoms with Crippen LogP contribution in [0.2, 0.25) is 0 Å². The van der Waals surface area contributed by atoms with Crippen molar-refractivity contribution >= 4 is 39.1 Å².